The molecule has 1 aliphatic rings. The Kier molecular flexibility index (Phi) is 4.34. The number of fused-ring (bicyclic) bond motifs is 1. The van der Waals surface area contributed by atoms with Crippen LogP contribution in [0.4, 0.5) is 0 Å². The average Bonchev–Trinajstić information content (AvgIpc) is 3.28. The lowest BCUT2D eigenvalue weighted by Crippen LogP contribution is -2.16. The second-order valence-electron chi connectivity index (χ2n) is 6.84. The number of nitrogens with one attached hydrogen (secondary N) is 1. The number of benzene rings is 2. The second-order valence-corrected chi connectivity index (χ2v) is 7.95. The summed E-state index contributed by atoms with van der Waals surface area (Å²) in [6.07, 6.45) is 6.62. The molecular weight excluding hydrogens is 364 g/mol. The zero-order valence-corrected chi connectivity index (χ0v) is 15.9. The molecule has 4 heteroatoms. The van der Waals surface area contributed by atoms with Gasteiger partial charge in [-0.1, -0.05) is 42.5 Å². The first-order valence-electron chi connectivity index (χ1n) is 9.27. The highest BCUT2D eigenvalue weighted by atomic mass is 32.2. The highest BCUT2D eigenvalue weighted by molar-refractivity contribution is 8.02. The molecule has 1 aliphatic heterocycles. The van der Waals surface area contributed by atoms with Crippen LogP contribution in [0.2, 0.25) is 0 Å². The van der Waals surface area contributed by atoms with Crippen molar-refractivity contribution in [1.29, 1.82) is 0 Å². The smallest absolute Gasteiger partial charge is 0.253 e. The average molecular weight is 382 g/mol. The van der Waals surface area contributed by atoms with Crippen LogP contribution in [0.15, 0.2) is 89.3 Å². The zero-order valence-electron chi connectivity index (χ0n) is 15.1. The topological polar surface area (TPSA) is 45.8 Å². The Hall–Kier alpha value is -3.11. The first-order valence-corrected chi connectivity index (χ1v) is 10.2. The minimum absolute atomic E-state index is 0.00390. The molecule has 1 unspecified atom stereocenters. The first kappa shape index (κ1) is 17.0. The number of hydrogen-bond acceptors (Lipinski definition) is 3. The molecule has 0 fully saturated rings. The van der Waals surface area contributed by atoms with Crippen LogP contribution >= 0.6 is 11.8 Å². The summed E-state index contributed by atoms with van der Waals surface area (Å²) in [4.78, 5) is 20.3. The van der Waals surface area contributed by atoms with E-state index in [2.05, 4.69) is 51.8 Å². The van der Waals surface area contributed by atoms with E-state index in [9.17, 15) is 4.79 Å². The second kappa shape index (κ2) is 7.13. The van der Waals surface area contributed by atoms with Gasteiger partial charge in [0.1, 0.15) is 0 Å². The van der Waals surface area contributed by atoms with E-state index in [1.807, 2.05) is 30.3 Å². The van der Waals surface area contributed by atoms with Crippen LogP contribution in [-0.4, -0.2) is 9.97 Å². The highest BCUT2D eigenvalue weighted by Gasteiger charge is 2.24. The highest BCUT2D eigenvalue weighted by Crippen LogP contribution is 2.43. The van der Waals surface area contributed by atoms with Gasteiger partial charge in [-0.15, -0.1) is 11.8 Å². The maximum atomic E-state index is 13.1. The summed E-state index contributed by atoms with van der Waals surface area (Å²) in [7, 11) is 0. The summed E-state index contributed by atoms with van der Waals surface area (Å²) in [5.74, 6) is 0. The van der Waals surface area contributed by atoms with Crippen LogP contribution in [0.5, 0.6) is 0 Å². The van der Waals surface area contributed by atoms with E-state index in [1.165, 1.54) is 0 Å². The maximum absolute atomic E-state index is 13.1. The Balaban J connectivity index is 1.78. The van der Waals surface area contributed by atoms with Gasteiger partial charge in [-0.3, -0.25) is 9.78 Å². The van der Waals surface area contributed by atoms with Crippen molar-refractivity contribution in [3.05, 3.63) is 100 Å². The summed E-state index contributed by atoms with van der Waals surface area (Å²) in [6.45, 7) is 0. The Bertz CT molecular complexity index is 1240. The molecule has 4 aromatic rings. The Labute approximate surface area is 167 Å². The lowest BCUT2D eigenvalue weighted by Gasteiger charge is -2.17. The van der Waals surface area contributed by atoms with E-state index < -0.39 is 0 Å². The van der Waals surface area contributed by atoms with E-state index in [0.717, 1.165) is 45.1 Å². The molecule has 0 spiro atoms. The van der Waals surface area contributed by atoms with Gasteiger partial charge in [-0.2, -0.15) is 0 Å². The van der Waals surface area contributed by atoms with Crippen LogP contribution in [0.25, 0.3) is 33.2 Å². The van der Waals surface area contributed by atoms with Crippen molar-refractivity contribution in [3.63, 3.8) is 0 Å². The number of hydrogen-bond donors (Lipinski definition) is 1. The Morgan fingerprint density at radius 1 is 0.929 bits per heavy atom. The fraction of sp³-hybridized carbons (Fsp3) is 0.0833. The summed E-state index contributed by atoms with van der Waals surface area (Å²) < 4.78 is 0. The fourth-order valence-corrected chi connectivity index (χ4v) is 4.84. The Morgan fingerprint density at radius 3 is 2.57 bits per heavy atom. The van der Waals surface area contributed by atoms with Gasteiger partial charge in [-0.05, 0) is 52.8 Å². The van der Waals surface area contributed by atoms with Crippen molar-refractivity contribution in [2.75, 3.05) is 0 Å². The van der Waals surface area contributed by atoms with Gasteiger partial charge in [0.15, 0.2) is 0 Å². The number of thioether (sulfide) groups is 1. The molecular formula is C24H18N2OS. The molecule has 3 heterocycles. The molecule has 3 nitrogen and oxygen atoms in total. The third kappa shape index (κ3) is 2.96. The summed E-state index contributed by atoms with van der Waals surface area (Å²) in [5.41, 5.74) is 6.08. The van der Waals surface area contributed by atoms with Crippen LogP contribution in [-0.2, 0) is 0 Å². The molecule has 1 atom stereocenters. The van der Waals surface area contributed by atoms with E-state index in [4.69, 9.17) is 0 Å². The van der Waals surface area contributed by atoms with Crippen molar-refractivity contribution in [2.24, 2.45) is 0 Å². The first-order chi connectivity index (χ1) is 13.8. The standard InChI is InChI=1S/C24H18N2OS/c27-24-23(21-9-4-14-28-21)22(19-7-1-2-8-20(19)26-24)18-6-3-5-17(15-18)16-10-12-25-13-11-16/h1-8,10-15,21H,9H2,(H,26,27). The Morgan fingerprint density at radius 2 is 1.75 bits per heavy atom. The number of aromatic nitrogens is 2. The zero-order chi connectivity index (χ0) is 18.9. The number of para-hydroxylation sites is 1. The van der Waals surface area contributed by atoms with Crippen molar-refractivity contribution in [1.82, 2.24) is 9.97 Å². The van der Waals surface area contributed by atoms with E-state index in [1.54, 1.807) is 24.2 Å². The van der Waals surface area contributed by atoms with Crippen molar-refractivity contribution >= 4 is 22.7 Å². The van der Waals surface area contributed by atoms with Gasteiger partial charge < -0.3 is 4.98 Å². The number of H-pyrrole nitrogens is 1. The van der Waals surface area contributed by atoms with Gasteiger partial charge in [0.25, 0.3) is 5.56 Å². The van der Waals surface area contributed by atoms with Gasteiger partial charge in [0, 0.05) is 39.7 Å². The predicted octanol–water partition coefficient (Wildman–Crippen LogP) is 5.95. The lowest BCUT2D eigenvalue weighted by molar-refractivity contribution is 0.966. The van der Waals surface area contributed by atoms with Gasteiger partial charge in [-0.25, -0.2) is 0 Å². The van der Waals surface area contributed by atoms with Crippen LogP contribution < -0.4 is 5.56 Å². The fourth-order valence-electron chi connectivity index (χ4n) is 3.85. The van der Waals surface area contributed by atoms with E-state index in [-0.39, 0.29) is 10.8 Å². The molecule has 0 aliphatic carbocycles. The molecule has 0 bridgehead atoms. The summed E-state index contributed by atoms with van der Waals surface area (Å²) >= 11 is 1.72. The van der Waals surface area contributed by atoms with Crippen molar-refractivity contribution < 1.29 is 0 Å². The normalized spacial score (nSPS) is 15.9. The predicted molar refractivity (Wildman–Crippen MR) is 117 cm³/mol. The molecule has 2 aromatic carbocycles. The summed E-state index contributed by atoms with van der Waals surface area (Å²) in [5, 5.41) is 3.32. The van der Waals surface area contributed by atoms with Gasteiger partial charge in [0.05, 0.1) is 0 Å². The number of allylic oxidation sites excluding steroid dienone is 1. The molecule has 0 saturated carbocycles. The van der Waals surface area contributed by atoms with Crippen molar-refractivity contribution in [2.45, 2.75) is 11.7 Å². The third-order valence-corrected chi connectivity index (χ3v) is 6.24. The minimum atomic E-state index is 0.00390. The number of pyridine rings is 2. The molecule has 0 saturated heterocycles. The SMILES string of the molecule is O=c1[nH]c2ccccc2c(-c2cccc(-c3ccncc3)c2)c1C1CC=CS1. The van der Waals surface area contributed by atoms with E-state index in [0.29, 0.717) is 0 Å². The molecule has 0 radical (unpaired) electrons. The monoisotopic (exact) mass is 382 g/mol. The molecule has 136 valence electrons. The van der Waals surface area contributed by atoms with Crippen LogP contribution in [0, 0.1) is 0 Å². The lowest BCUT2D eigenvalue weighted by atomic mass is 9.92. The molecule has 5 rings (SSSR count). The van der Waals surface area contributed by atoms with Gasteiger partial charge >= 0.3 is 0 Å². The van der Waals surface area contributed by atoms with Gasteiger partial charge in [0.2, 0.25) is 0 Å². The largest absolute Gasteiger partial charge is 0.322 e. The number of nitrogens with zero attached hydrogens (tertiary/aromatic N) is 1. The van der Waals surface area contributed by atoms with Crippen LogP contribution in [0.3, 0.4) is 0 Å². The maximum Gasteiger partial charge on any atom is 0.253 e. The minimum Gasteiger partial charge on any atom is -0.322 e. The molecule has 2 aromatic heterocycles. The third-order valence-electron chi connectivity index (χ3n) is 5.13. The number of aromatic amines is 1. The van der Waals surface area contributed by atoms with Crippen LogP contribution in [0.1, 0.15) is 17.2 Å². The van der Waals surface area contributed by atoms with Crippen molar-refractivity contribution in [3.8, 4) is 22.3 Å². The van der Waals surface area contributed by atoms with E-state index >= 15 is 0 Å². The summed E-state index contributed by atoms with van der Waals surface area (Å²) in [6, 6.07) is 20.5. The number of rotatable bonds is 3. The quantitative estimate of drug-likeness (QED) is 0.476. The molecule has 28 heavy (non-hydrogen) atoms. The molecule has 1 N–H and O–H groups in total. The molecule has 0 amide bonds.